The van der Waals surface area contributed by atoms with Crippen LogP contribution in [0, 0.1) is 12.8 Å². The summed E-state index contributed by atoms with van der Waals surface area (Å²) >= 11 is 6.65. The third kappa shape index (κ3) is 2.59. The van der Waals surface area contributed by atoms with Gasteiger partial charge >= 0.3 is 0 Å². The number of hydrogen-bond donors (Lipinski definition) is 0. The fraction of sp³-hybridized carbons (Fsp3) is 0.600. The van der Waals surface area contributed by atoms with Gasteiger partial charge in [-0.25, -0.2) is 0 Å². The van der Waals surface area contributed by atoms with Crippen molar-refractivity contribution in [1.82, 2.24) is 0 Å². The Morgan fingerprint density at radius 1 is 1.11 bits per heavy atom. The first-order valence-corrected chi connectivity index (χ1v) is 6.97. The van der Waals surface area contributed by atoms with Crippen molar-refractivity contribution in [2.24, 2.45) is 5.92 Å². The van der Waals surface area contributed by atoms with Crippen LogP contribution in [-0.4, -0.2) is 14.2 Å². The predicted octanol–water partition coefficient (Wildman–Crippen LogP) is 4.48. The van der Waals surface area contributed by atoms with Crippen molar-refractivity contribution in [2.45, 2.75) is 38.0 Å². The highest BCUT2D eigenvalue weighted by Crippen LogP contribution is 2.43. The van der Waals surface area contributed by atoms with Crippen molar-refractivity contribution in [3.8, 4) is 11.5 Å². The van der Waals surface area contributed by atoms with Crippen molar-refractivity contribution in [3.63, 3.8) is 0 Å². The summed E-state index contributed by atoms with van der Waals surface area (Å²) < 4.78 is 10.7. The fourth-order valence-corrected chi connectivity index (χ4v) is 3.28. The van der Waals surface area contributed by atoms with Gasteiger partial charge in [0.2, 0.25) is 0 Å². The molecule has 1 unspecified atom stereocenters. The molecule has 0 spiro atoms. The molecule has 100 valence electrons. The first-order chi connectivity index (χ1) is 8.67. The van der Waals surface area contributed by atoms with Crippen LogP contribution in [0.25, 0.3) is 0 Å². The van der Waals surface area contributed by atoms with Gasteiger partial charge < -0.3 is 9.47 Å². The number of aryl methyl sites for hydroxylation is 1. The molecule has 0 radical (unpaired) electrons. The second-order valence-electron chi connectivity index (χ2n) is 5.01. The molecule has 2 nitrogen and oxygen atoms in total. The van der Waals surface area contributed by atoms with E-state index in [1.165, 1.54) is 36.8 Å². The number of ether oxygens (including phenoxy) is 2. The zero-order chi connectivity index (χ0) is 13.1. The van der Waals surface area contributed by atoms with Crippen molar-refractivity contribution in [3.05, 3.63) is 23.3 Å². The van der Waals surface area contributed by atoms with Crippen LogP contribution in [0.4, 0.5) is 0 Å². The molecule has 0 saturated heterocycles. The number of benzene rings is 1. The van der Waals surface area contributed by atoms with E-state index in [-0.39, 0.29) is 5.38 Å². The third-order valence-corrected chi connectivity index (χ3v) is 4.47. The van der Waals surface area contributed by atoms with Gasteiger partial charge in [0.25, 0.3) is 0 Å². The molecule has 0 aliphatic heterocycles. The van der Waals surface area contributed by atoms with E-state index in [2.05, 4.69) is 6.92 Å². The number of methoxy groups -OCH3 is 2. The Labute approximate surface area is 114 Å². The van der Waals surface area contributed by atoms with Gasteiger partial charge in [0.15, 0.2) is 11.5 Å². The fourth-order valence-electron chi connectivity index (χ4n) is 2.80. The van der Waals surface area contributed by atoms with E-state index >= 15 is 0 Å². The molecule has 0 bridgehead atoms. The lowest BCUT2D eigenvalue weighted by Gasteiger charge is -2.21. The molecule has 1 aromatic rings. The third-order valence-electron chi connectivity index (χ3n) is 3.88. The largest absolute Gasteiger partial charge is 0.493 e. The summed E-state index contributed by atoms with van der Waals surface area (Å²) in [6, 6.07) is 4.04. The van der Waals surface area contributed by atoms with Crippen LogP contribution in [0.15, 0.2) is 12.1 Å². The van der Waals surface area contributed by atoms with E-state index in [4.69, 9.17) is 21.1 Å². The van der Waals surface area contributed by atoms with E-state index in [0.29, 0.717) is 5.92 Å². The summed E-state index contributed by atoms with van der Waals surface area (Å²) in [5.74, 6) is 2.14. The van der Waals surface area contributed by atoms with Crippen molar-refractivity contribution in [1.29, 1.82) is 0 Å². The molecule has 1 saturated carbocycles. The van der Waals surface area contributed by atoms with Crippen molar-refractivity contribution < 1.29 is 9.47 Å². The highest BCUT2D eigenvalue weighted by Gasteiger charge is 2.26. The van der Waals surface area contributed by atoms with E-state index in [1.807, 2.05) is 12.1 Å². The Kier molecular flexibility index (Phi) is 4.39. The Bertz CT molecular complexity index is 411. The van der Waals surface area contributed by atoms with Gasteiger partial charge in [-0.15, -0.1) is 11.6 Å². The van der Waals surface area contributed by atoms with Gasteiger partial charge in [0.1, 0.15) is 0 Å². The molecule has 18 heavy (non-hydrogen) atoms. The highest BCUT2D eigenvalue weighted by atomic mass is 35.5. The zero-order valence-corrected chi connectivity index (χ0v) is 12.1. The maximum atomic E-state index is 6.65. The Morgan fingerprint density at radius 2 is 1.67 bits per heavy atom. The van der Waals surface area contributed by atoms with E-state index in [0.717, 1.165) is 11.5 Å². The number of alkyl halides is 1. The van der Waals surface area contributed by atoms with Gasteiger partial charge in [-0.05, 0) is 48.9 Å². The molecule has 0 N–H and O–H groups in total. The van der Waals surface area contributed by atoms with Gasteiger partial charge in [-0.3, -0.25) is 0 Å². The van der Waals surface area contributed by atoms with Crippen LogP contribution >= 0.6 is 11.6 Å². The van der Waals surface area contributed by atoms with Gasteiger partial charge in [-0.1, -0.05) is 12.8 Å². The molecule has 0 amide bonds. The van der Waals surface area contributed by atoms with E-state index in [9.17, 15) is 0 Å². The van der Waals surface area contributed by atoms with E-state index in [1.54, 1.807) is 14.2 Å². The lowest BCUT2D eigenvalue weighted by Crippen LogP contribution is -2.06. The maximum Gasteiger partial charge on any atom is 0.161 e. The van der Waals surface area contributed by atoms with E-state index < -0.39 is 0 Å². The second kappa shape index (κ2) is 5.83. The van der Waals surface area contributed by atoms with Crippen LogP contribution in [-0.2, 0) is 0 Å². The summed E-state index contributed by atoms with van der Waals surface area (Å²) in [6.07, 6.45) is 5.09. The molecular formula is C15H21ClO2. The Balaban J connectivity index is 2.31. The topological polar surface area (TPSA) is 18.5 Å². The summed E-state index contributed by atoms with van der Waals surface area (Å²) in [4.78, 5) is 0. The molecule has 1 fully saturated rings. The number of halogens is 1. The summed E-state index contributed by atoms with van der Waals surface area (Å²) in [7, 11) is 3.32. The SMILES string of the molecule is COc1cc(C)c(C(Cl)C2CCCC2)cc1OC. The van der Waals surface area contributed by atoms with Gasteiger partial charge in [-0.2, -0.15) is 0 Å². The molecule has 1 aliphatic rings. The van der Waals surface area contributed by atoms with Crippen molar-refractivity contribution in [2.75, 3.05) is 14.2 Å². The predicted molar refractivity (Wildman–Crippen MR) is 74.8 cm³/mol. The summed E-state index contributed by atoms with van der Waals surface area (Å²) in [5.41, 5.74) is 2.36. The van der Waals surface area contributed by atoms with Crippen LogP contribution in [0.5, 0.6) is 11.5 Å². The molecule has 2 rings (SSSR count). The molecule has 1 aromatic carbocycles. The van der Waals surface area contributed by atoms with Crippen molar-refractivity contribution >= 4 is 11.6 Å². The van der Waals surface area contributed by atoms with Gasteiger partial charge in [0, 0.05) is 0 Å². The first-order valence-electron chi connectivity index (χ1n) is 6.54. The maximum absolute atomic E-state index is 6.65. The lowest BCUT2D eigenvalue weighted by atomic mass is 9.94. The monoisotopic (exact) mass is 268 g/mol. The quantitative estimate of drug-likeness (QED) is 0.750. The smallest absolute Gasteiger partial charge is 0.161 e. The minimum absolute atomic E-state index is 0.0901. The minimum Gasteiger partial charge on any atom is -0.493 e. The first kappa shape index (κ1) is 13.5. The zero-order valence-electron chi connectivity index (χ0n) is 11.3. The number of hydrogen-bond acceptors (Lipinski definition) is 2. The van der Waals surface area contributed by atoms with Crippen LogP contribution in [0.2, 0.25) is 0 Å². The lowest BCUT2D eigenvalue weighted by molar-refractivity contribution is 0.353. The van der Waals surface area contributed by atoms with Crippen LogP contribution in [0.3, 0.4) is 0 Å². The summed E-state index contributed by atoms with van der Waals surface area (Å²) in [6.45, 7) is 2.08. The van der Waals surface area contributed by atoms with Gasteiger partial charge in [0.05, 0.1) is 19.6 Å². The van der Waals surface area contributed by atoms with Crippen LogP contribution < -0.4 is 9.47 Å². The Hall–Kier alpha value is -0.890. The second-order valence-corrected chi connectivity index (χ2v) is 5.48. The standard InChI is InChI=1S/C15H21ClO2/c1-10-8-13(17-2)14(18-3)9-12(10)15(16)11-6-4-5-7-11/h8-9,11,15H,4-7H2,1-3H3. The molecule has 0 heterocycles. The highest BCUT2D eigenvalue weighted by molar-refractivity contribution is 6.21. The number of rotatable bonds is 4. The molecule has 0 aromatic heterocycles. The average Bonchev–Trinajstić information content (AvgIpc) is 2.91. The molecule has 1 atom stereocenters. The molecule has 3 heteroatoms. The Morgan fingerprint density at radius 3 is 2.22 bits per heavy atom. The molecule has 1 aliphatic carbocycles. The van der Waals surface area contributed by atoms with Crippen LogP contribution in [0.1, 0.15) is 42.2 Å². The molecular weight excluding hydrogens is 248 g/mol. The average molecular weight is 269 g/mol. The minimum atomic E-state index is 0.0901. The normalized spacial score (nSPS) is 17.8. The summed E-state index contributed by atoms with van der Waals surface area (Å²) in [5, 5.41) is 0.0901.